The molecule has 18 heavy (non-hydrogen) atoms. The molecule has 1 aliphatic carbocycles. The maximum Gasteiger partial charge on any atom is 0.0897 e. The number of thiazole rings is 1. The lowest BCUT2D eigenvalue weighted by molar-refractivity contribution is 0.401. The maximum atomic E-state index is 4.62. The van der Waals surface area contributed by atoms with Gasteiger partial charge in [-0.2, -0.15) is 0 Å². The van der Waals surface area contributed by atoms with Crippen LogP contribution in [0.2, 0.25) is 0 Å². The van der Waals surface area contributed by atoms with E-state index in [9.17, 15) is 0 Å². The molecule has 0 aliphatic heterocycles. The van der Waals surface area contributed by atoms with Gasteiger partial charge in [0.25, 0.3) is 0 Å². The van der Waals surface area contributed by atoms with E-state index in [1.54, 1.807) is 11.3 Å². The lowest BCUT2D eigenvalue weighted by Crippen LogP contribution is -2.35. The molecular weight excluding hydrogens is 240 g/mol. The normalized spacial score (nSPS) is 23.0. The van der Waals surface area contributed by atoms with Crippen LogP contribution in [0.15, 0.2) is 5.38 Å². The molecule has 2 rings (SSSR count). The van der Waals surface area contributed by atoms with Crippen molar-refractivity contribution in [2.24, 2.45) is 16.7 Å². The maximum absolute atomic E-state index is 4.62. The fourth-order valence-electron chi connectivity index (χ4n) is 3.55. The lowest BCUT2D eigenvalue weighted by atomic mass is 10.00. The van der Waals surface area contributed by atoms with Crippen LogP contribution in [-0.4, -0.2) is 17.6 Å². The topological polar surface area (TPSA) is 24.9 Å². The van der Waals surface area contributed by atoms with Gasteiger partial charge in [0.05, 0.1) is 10.7 Å². The summed E-state index contributed by atoms with van der Waals surface area (Å²) in [5.74, 6) is 0.743. The number of aromatic nitrogens is 1. The summed E-state index contributed by atoms with van der Waals surface area (Å²) in [4.78, 5) is 4.62. The van der Waals surface area contributed by atoms with Gasteiger partial charge in [0.2, 0.25) is 0 Å². The predicted molar refractivity (Wildman–Crippen MR) is 79.1 cm³/mol. The van der Waals surface area contributed by atoms with Crippen LogP contribution in [-0.2, 0) is 6.42 Å². The smallest absolute Gasteiger partial charge is 0.0897 e. The molecule has 1 unspecified atom stereocenters. The molecule has 1 aromatic heterocycles. The van der Waals surface area contributed by atoms with Gasteiger partial charge in [0, 0.05) is 17.8 Å². The van der Waals surface area contributed by atoms with Gasteiger partial charge in [0.1, 0.15) is 0 Å². The van der Waals surface area contributed by atoms with E-state index < -0.39 is 0 Å². The summed E-state index contributed by atoms with van der Waals surface area (Å²) in [6.45, 7) is 14.9. The van der Waals surface area contributed by atoms with E-state index in [0.717, 1.165) is 18.9 Å². The second-order valence-electron chi connectivity index (χ2n) is 6.65. The third-order valence-electron chi connectivity index (χ3n) is 5.10. The zero-order chi connectivity index (χ0) is 13.6. The van der Waals surface area contributed by atoms with Crippen molar-refractivity contribution in [1.82, 2.24) is 10.3 Å². The summed E-state index contributed by atoms with van der Waals surface area (Å²) in [6.07, 6.45) is 1.07. The second-order valence-corrected chi connectivity index (χ2v) is 7.71. The summed E-state index contributed by atoms with van der Waals surface area (Å²) >= 11 is 1.76. The van der Waals surface area contributed by atoms with Gasteiger partial charge in [-0.25, -0.2) is 4.98 Å². The van der Waals surface area contributed by atoms with Crippen LogP contribution in [0.25, 0.3) is 0 Å². The first-order chi connectivity index (χ1) is 8.30. The number of aryl methyl sites for hydroxylation is 1. The molecule has 1 aliphatic rings. The van der Waals surface area contributed by atoms with Gasteiger partial charge in [0.15, 0.2) is 0 Å². The van der Waals surface area contributed by atoms with Gasteiger partial charge in [-0.3, -0.25) is 0 Å². The van der Waals surface area contributed by atoms with Crippen LogP contribution in [0.3, 0.4) is 0 Å². The van der Waals surface area contributed by atoms with Crippen LogP contribution in [0, 0.1) is 23.7 Å². The van der Waals surface area contributed by atoms with E-state index in [1.165, 1.54) is 10.7 Å². The molecule has 1 N–H and O–H groups in total. The highest BCUT2D eigenvalue weighted by molar-refractivity contribution is 7.09. The predicted octanol–water partition coefficient (Wildman–Crippen LogP) is 3.65. The Bertz CT molecular complexity index is 406. The van der Waals surface area contributed by atoms with Crippen molar-refractivity contribution < 1.29 is 0 Å². The molecule has 1 aromatic rings. The van der Waals surface area contributed by atoms with Crippen LogP contribution in [0.5, 0.6) is 0 Å². The Hall–Kier alpha value is -0.410. The Labute approximate surface area is 115 Å². The summed E-state index contributed by atoms with van der Waals surface area (Å²) in [5, 5.41) is 7.06. The van der Waals surface area contributed by atoms with E-state index in [1.807, 2.05) is 0 Å². The van der Waals surface area contributed by atoms with Crippen molar-refractivity contribution >= 4 is 11.3 Å². The fraction of sp³-hybridized carbons (Fsp3) is 0.800. The summed E-state index contributed by atoms with van der Waals surface area (Å²) < 4.78 is 0. The largest absolute Gasteiger partial charge is 0.314 e. The Morgan fingerprint density at radius 3 is 2.33 bits per heavy atom. The number of nitrogens with zero attached hydrogens (tertiary/aromatic N) is 1. The van der Waals surface area contributed by atoms with E-state index in [4.69, 9.17) is 0 Å². The molecule has 0 aromatic carbocycles. The van der Waals surface area contributed by atoms with Crippen LogP contribution in [0.4, 0.5) is 0 Å². The molecule has 0 saturated heterocycles. The molecule has 1 atom stereocenters. The third-order valence-corrected chi connectivity index (χ3v) is 5.92. The summed E-state index contributed by atoms with van der Waals surface area (Å²) in [7, 11) is 0. The number of hydrogen-bond acceptors (Lipinski definition) is 3. The Balaban J connectivity index is 2.11. The minimum Gasteiger partial charge on any atom is -0.314 e. The monoisotopic (exact) mass is 266 g/mol. The quantitative estimate of drug-likeness (QED) is 0.880. The number of hydrogen-bond donors (Lipinski definition) is 1. The average molecular weight is 266 g/mol. The number of rotatable bonds is 5. The lowest BCUT2D eigenvalue weighted by Gasteiger charge is -2.19. The SMILES string of the molecule is CCNC(Cc1csc(C)n1)C1C(C)(C)C1(C)C. The number of nitrogens with one attached hydrogen (secondary N) is 1. The van der Waals surface area contributed by atoms with Crippen molar-refractivity contribution in [1.29, 1.82) is 0 Å². The highest BCUT2D eigenvalue weighted by Gasteiger charge is 2.66. The molecule has 0 spiro atoms. The Morgan fingerprint density at radius 2 is 1.94 bits per heavy atom. The van der Waals surface area contributed by atoms with Crippen LogP contribution in [0.1, 0.15) is 45.3 Å². The van der Waals surface area contributed by atoms with Crippen molar-refractivity contribution in [3.63, 3.8) is 0 Å². The number of likely N-dealkylation sites (N-methyl/N-ethyl adjacent to an activating group) is 1. The zero-order valence-electron chi connectivity index (χ0n) is 12.5. The molecule has 0 bridgehead atoms. The van der Waals surface area contributed by atoms with Gasteiger partial charge in [-0.15, -0.1) is 11.3 Å². The van der Waals surface area contributed by atoms with E-state index in [2.05, 4.69) is 57.2 Å². The Kier molecular flexibility index (Phi) is 3.58. The van der Waals surface area contributed by atoms with Gasteiger partial charge in [-0.05, 0) is 30.2 Å². The first-order valence-corrected chi connectivity index (χ1v) is 7.83. The minimum atomic E-state index is 0.435. The van der Waals surface area contributed by atoms with Crippen molar-refractivity contribution in [3.8, 4) is 0 Å². The first kappa shape index (κ1) is 14.0. The zero-order valence-corrected chi connectivity index (χ0v) is 13.3. The van der Waals surface area contributed by atoms with Crippen molar-refractivity contribution in [2.75, 3.05) is 6.54 Å². The molecule has 1 saturated carbocycles. The molecular formula is C15H26N2S. The third kappa shape index (κ3) is 2.23. The van der Waals surface area contributed by atoms with Crippen LogP contribution >= 0.6 is 11.3 Å². The highest BCUT2D eigenvalue weighted by Crippen LogP contribution is 2.69. The minimum absolute atomic E-state index is 0.435. The Morgan fingerprint density at radius 1 is 1.33 bits per heavy atom. The molecule has 3 heteroatoms. The molecule has 102 valence electrons. The standard InChI is InChI=1S/C15H26N2S/c1-7-16-12(8-11-9-18-10(2)17-11)13-14(3,4)15(13,5)6/h9,12-13,16H,7-8H2,1-6H3. The summed E-state index contributed by atoms with van der Waals surface area (Å²) in [6, 6.07) is 0.557. The van der Waals surface area contributed by atoms with Crippen molar-refractivity contribution in [3.05, 3.63) is 16.1 Å². The first-order valence-electron chi connectivity index (χ1n) is 6.95. The van der Waals surface area contributed by atoms with Gasteiger partial charge in [-0.1, -0.05) is 34.6 Å². The van der Waals surface area contributed by atoms with Gasteiger partial charge < -0.3 is 5.32 Å². The van der Waals surface area contributed by atoms with Crippen LogP contribution < -0.4 is 5.32 Å². The van der Waals surface area contributed by atoms with E-state index in [0.29, 0.717) is 16.9 Å². The molecule has 1 heterocycles. The average Bonchev–Trinajstić information content (AvgIpc) is 2.58. The molecule has 1 fully saturated rings. The van der Waals surface area contributed by atoms with Crippen molar-refractivity contribution in [2.45, 2.75) is 54.0 Å². The van der Waals surface area contributed by atoms with E-state index in [-0.39, 0.29) is 0 Å². The second kappa shape index (κ2) is 4.61. The molecule has 0 amide bonds. The molecule has 0 radical (unpaired) electrons. The van der Waals surface area contributed by atoms with E-state index >= 15 is 0 Å². The molecule has 2 nitrogen and oxygen atoms in total. The highest BCUT2D eigenvalue weighted by atomic mass is 32.1. The summed E-state index contributed by atoms with van der Waals surface area (Å²) in [5.41, 5.74) is 2.12. The fourth-order valence-corrected chi connectivity index (χ4v) is 4.18. The van der Waals surface area contributed by atoms with Gasteiger partial charge >= 0.3 is 0 Å².